The summed E-state index contributed by atoms with van der Waals surface area (Å²) in [5.74, 6) is 7.04. The van der Waals surface area contributed by atoms with Gasteiger partial charge in [0, 0.05) is 12.5 Å². The van der Waals surface area contributed by atoms with Crippen LogP contribution in [0.25, 0.3) is 0 Å². The molecule has 1 N–H and O–H groups in total. The first kappa shape index (κ1) is 11.6. The predicted molar refractivity (Wildman–Crippen MR) is 62.1 cm³/mol. The van der Waals surface area contributed by atoms with Gasteiger partial charge in [0.1, 0.15) is 0 Å². The molecule has 0 aliphatic heterocycles. The molecular weight excluding hydrogens is 170 g/mol. The maximum absolute atomic E-state index is 3.66. The molecule has 1 aliphatic carbocycles. The number of rotatable bonds is 5. The van der Waals surface area contributed by atoms with Crippen molar-refractivity contribution in [1.82, 2.24) is 5.32 Å². The lowest BCUT2D eigenvalue weighted by molar-refractivity contribution is 0.383. The Kier molecular flexibility index (Phi) is 5.71. The highest BCUT2D eigenvalue weighted by Gasteiger charge is 2.25. The second kappa shape index (κ2) is 6.90. The Balaban J connectivity index is 2.22. The van der Waals surface area contributed by atoms with E-state index in [1.54, 1.807) is 0 Å². The maximum Gasteiger partial charge on any atom is 0.00956 e. The quantitative estimate of drug-likeness (QED) is 0.662. The van der Waals surface area contributed by atoms with Gasteiger partial charge in [-0.2, -0.15) is 0 Å². The fraction of sp³-hybridized carbons (Fsp3) is 0.846. The van der Waals surface area contributed by atoms with Crippen LogP contribution < -0.4 is 5.32 Å². The van der Waals surface area contributed by atoms with Gasteiger partial charge in [0.25, 0.3) is 0 Å². The van der Waals surface area contributed by atoms with Crippen LogP contribution >= 0.6 is 0 Å². The average molecular weight is 193 g/mol. The van der Waals surface area contributed by atoms with Crippen LogP contribution in [0.4, 0.5) is 0 Å². The normalized spacial score (nSPS) is 25.9. The van der Waals surface area contributed by atoms with Crippen molar-refractivity contribution in [2.24, 2.45) is 5.92 Å². The summed E-state index contributed by atoms with van der Waals surface area (Å²) in [4.78, 5) is 0. The molecular formula is C13H23N. The van der Waals surface area contributed by atoms with E-state index >= 15 is 0 Å². The second-order valence-electron chi connectivity index (χ2n) is 4.22. The molecule has 0 bridgehead atoms. The van der Waals surface area contributed by atoms with Crippen LogP contribution in [0.15, 0.2) is 0 Å². The lowest BCUT2D eigenvalue weighted by Gasteiger charge is -2.19. The minimum atomic E-state index is 0.786. The first-order valence-corrected chi connectivity index (χ1v) is 6.01. The highest BCUT2D eigenvalue weighted by Crippen LogP contribution is 2.29. The third-order valence-corrected chi connectivity index (χ3v) is 3.13. The Hall–Kier alpha value is -0.480. The zero-order valence-corrected chi connectivity index (χ0v) is 9.60. The fourth-order valence-electron chi connectivity index (χ4n) is 2.36. The van der Waals surface area contributed by atoms with E-state index in [4.69, 9.17) is 0 Å². The van der Waals surface area contributed by atoms with Gasteiger partial charge in [0.2, 0.25) is 0 Å². The van der Waals surface area contributed by atoms with E-state index in [0.29, 0.717) is 0 Å². The molecule has 0 aromatic carbocycles. The van der Waals surface area contributed by atoms with Crippen molar-refractivity contribution in [3.05, 3.63) is 0 Å². The first-order chi connectivity index (χ1) is 6.88. The Morgan fingerprint density at radius 3 is 2.93 bits per heavy atom. The third-order valence-electron chi connectivity index (χ3n) is 3.13. The standard InChI is InChI=1S/C13H23N/c1-3-5-6-8-12-9-7-10-13(12)14-11-4-2/h12-14H,4,6-11H2,1-2H3. The van der Waals surface area contributed by atoms with Crippen molar-refractivity contribution in [3.8, 4) is 11.8 Å². The van der Waals surface area contributed by atoms with Gasteiger partial charge < -0.3 is 5.32 Å². The van der Waals surface area contributed by atoms with Crippen molar-refractivity contribution < 1.29 is 0 Å². The fourth-order valence-corrected chi connectivity index (χ4v) is 2.36. The Labute approximate surface area is 88.7 Å². The summed E-state index contributed by atoms with van der Waals surface area (Å²) in [6, 6.07) is 0.786. The smallest absolute Gasteiger partial charge is 0.00956 e. The molecule has 1 nitrogen and oxygen atoms in total. The number of hydrogen-bond donors (Lipinski definition) is 1. The van der Waals surface area contributed by atoms with E-state index < -0.39 is 0 Å². The van der Waals surface area contributed by atoms with Gasteiger partial charge >= 0.3 is 0 Å². The number of hydrogen-bond acceptors (Lipinski definition) is 1. The van der Waals surface area contributed by atoms with Crippen molar-refractivity contribution in [3.63, 3.8) is 0 Å². The van der Waals surface area contributed by atoms with Crippen molar-refractivity contribution in [1.29, 1.82) is 0 Å². The molecule has 2 unspecified atom stereocenters. The second-order valence-corrected chi connectivity index (χ2v) is 4.22. The van der Waals surface area contributed by atoms with E-state index in [9.17, 15) is 0 Å². The van der Waals surface area contributed by atoms with Crippen LogP contribution in [0.3, 0.4) is 0 Å². The molecule has 1 heteroatoms. The minimum Gasteiger partial charge on any atom is -0.314 e. The topological polar surface area (TPSA) is 12.0 Å². The summed E-state index contributed by atoms with van der Waals surface area (Å²) in [6.07, 6.45) is 7.83. The lowest BCUT2D eigenvalue weighted by atomic mass is 9.97. The summed E-state index contributed by atoms with van der Waals surface area (Å²) >= 11 is 0. The summed E-state index contributed by atoms with van der Waals surface area (Å²) in [5.41, 5.74) is 0. The summed E-state index contributed by atoms with van der Waals surface area (Å²) in [6.45, 7) is 5.35. The van der Waals surface area contributed by atoms with Crippen molar-refractivity contribution in [2.45, 2.75) is 58.4 Å². The van der Waals surface area contributed by atoms with Crippen molar-refractivity contribution >= 4 is 0 Å². The van der Waals surface area contributed by atoms with E-state index in [1.807, 2.05) is 6.92 Å². The zero-order chi connectivity index (χ0) is 10.2. The molecule has 0 spiro atoms. The van der Waals surface area contributed by atoms with Crippen LogP contribution in [-0.2, 0) is 0 Å². The number of nitrogens with one attached hydrogen (secondary N) is 1. The molecule has 1 aliphatic rings. The molecule has 2 atom stereocenters. The summed E-state index contributed by atoms with van der Waals surface area (Å²) in [5, 5.41) is 3.66. The molecule has 1 fully saturated rings. The van der Waals surface area contributed by atoms with Crippen LogP contribution in [0.1, 0.15) is 52.4 Å². The third kappa shape index (κ3) is 3.72. The summed E-state index contributed by atoms with van der Waals surface area (Å²) in [7, 11) is 0. The maximum atomic E-state index is 3.66. The first-order valence-electron chi connectivity index (χ1n) is 6.01. The molecule has 0 amide bonds. The largest absolute Gasteiger partial charge is 0.314 e. The van der Waals surface area contributed by atoms with E-state index in [-0.39, 0.29) is 0 Å². The van der Waals surface area contributed by atoms with Gasteiger partial charge in [-0.25, -0.2) is 0 Å². The molecule has 0 aromatic rings. The monoisotopic (exact) mass is 193 g/mol. The van der Waals surface area contributed by atoms with Gasteiger partial charge in [-0.3, -0.25) is 0 Å². The SMILES string of the molecule is CC#CCCC1CCCC1NCCC. The van der Waals surface area contributed by atoms with Gasteiger partial charge in [0.15, 0.2) is 0 Å². The zero-order valence-electron chi connectivity index (χ0n) is 9.60. The van der Waals surface area contributed by atoms with Gasteiger partial charge in [-0.1, -0.05) is 13.3 Å². The van der Waals surface area contributed by atoms with E-state index in [0.717, 1.165) is 18.4 Å². The molecule has 14 heavy (non-hydrogen) atoms. The van der Waals surface area contributed by atoms with Gasteiger partial charge in [0.05, 0.1) is 0 Å². The predicted octanol–water partition coefficient (Wildman–Crippen LogP) is 2.96. The molecule has 0 saturated heterocycles. The summed E-state index contributed by atoms with van der Waals surface area (Å²) < 4.78 is 0. The molecule has 0 aromatic heterocycles. The minimum absolute atomic E-state index is 0.786. The average Bonchev–Trinajstić information content (AvgIpc) is 2.63. The molecule has 0 radical (unpaired) electrons. The Morgan fingerprint density at radius 1 is 1.36 bits per heavy atom. The molecule has 0 heterocycles. The molecule has 80 valence electrons. The van der Waals surface area contributed by atoms with Crippen LogP contribution in [-0.4, -0.2) is 12.6 Å². The Morgan fingerprint density at radius 2 is 2.21 bits per heavy atom. The highest BCUT2D eigenvalue weighted by molar-refractivity contribution is 4.96. The van der Waals surface area contributed by atoms with Gasteiger partial charge in [-0.15, -0.1) is 11.8 Å². The van der Waals surface area contributed by atoms with E-state index in [2.05, 4.69) is 24.1 Å². The van der Waals surface area contributed by atoms with Crippen LogP contribution in [0.5, 0.6) is 0 Å². The highest BCUT2D eigenvalue weighted by atomic mass is 14.9. The molecule has 1 saturated carbocycles. The van der Waals surface area contributed by atoms with Crippen LogP contribution in [0, 0.1) is 17.8 Å². The van der Waals surface area contributed by atoms with Gasteiger partial charge in [-0.05, 0) is 45.1 Å². The molecule has 1 rings (SSSR count). The van der Waals surface area contributed by atoms with Crippen molar-refractivity contribution in [2.75, 3.05) is 6.54 Å². The Bertz CT molecular complexity index is 199. The van der Waals surface area contributed by atoms with E-state index in [1.165, 1.54) is 38.6 Å². The lowest BCUT2D eigenvalue weighted by Crippen LogP contribution is -2.32. The van der Waals surface area contributed by atoms with Crippen LogP contribution in [0.2, 0.25) is 0 Å².